The van der Waals surface area contributed by atoms with Gasteiger partial charge in [-0.05, 0) is 56.1 Å². The van der Waals surface area contributed by atoms with Gasteiger partial charge >= 0.3 is 0 Å². The molecule has 0 saturated carbocycles. The van der Waals surface area contributed by atoms with Crippen molar-refractivity contribution in [1.82, 2.24) is 10.2 Å². The van der Waals surface area contributed by atoms with Gasteiger partial charge in [0.1, 0.15) is 5.75 Å². The number of piperidine rings is 1. The van der Waals surface area contributed by atoms with E-state index in [4.69, 9.17) is 4.74 Å². The van der Waals surface area contributed by atoms with Crippen LogP contribution in [0, 0.1) is 0 Å². The number of carbonyl (C=O) groups excluding carboxylic acids is 1. The van der Waals surface area contributed by atoms with E-state index in [-0.39, 0.29) is 11.4 Å². The zero-order chi connectivity index (χ0) is 19.3. The Bertz CT molecular complexity index is 793. The van der Waals surface area contributed by atoms with Gasteiger partial charge in [-0.15, -0.1) is 0 Å². The van der Waals surface area contributed by atoms with Crippen LogP contribution in [-0.4, -0.2) is 36.5 Å². The topological polar surface area (TPSA) is 53.6 Å². The number of nitrogens with one attached hydrogen (secondary N) is 2. The van der Waals surface area contributed by atoms with Crippen LogP contribution in [-0.2, 0) is 11.3 Å². The number of anilines is 2. The Hall–Kier alpha value is -2.53. The minimum atomic E-state index is -0.138. The lowest BCUT2D eigenvalue weighted by molar-refractivity contribution is -0.121. The summed E-state index contributed by atoms with van der Waals surface area (Å²) < 4.78 is 5.29. The molecule has 1 aliphatic rings. The van der Waals surface area contributed by atoms with Gasteiger partial charge in [0, 0.05) is 43.0 Å². The summed E-state index contributed by atoms with van der Waals surface area (Å²) in [6.07, 6.45) is 2.12. The molecule has 1 unspecified atom stereocenters. The van der Waals surface area contributed by atoms with Crippen molar-refractivity contribution in [2.45, 2.75) is 38.8 Å². The van der Waals surface area contributed by atoms with E-state index in [1.807, 2.05) is 24.3 Å². The monoisotopic (exact) mass is 367 g/mol. The van der Waals surface area contributed by atoms with Gasteiger partial charge in [0.2, 0.25) is 5.91 Å². The molecule has 0 radical (unpaired) electrons. The lowest BCUT2D eigenvalue weighted by atomic mass is 9.90. The van der Waals surface area contributed by atoms with Crippen molar-refractivity contribution < 1.29 is 9.53 Å². The fourth-order valence-electron chi connectivity index (χ4n) is 3.88. The zero-order valence-electron chi connectivity index (χ0n) is 16.4. The van der Waals surface area contributed by atoms with Gasteiger partial charge in [-0.3, -0.25) is 9.69 Å². The Morgan fingerprint density at radius 2 is 1.93 bits per heavy atom. The van der Waals surface area contributed by atoms with Crippen molar-refractivity contribution in [2.24, 2.45) is 0 Å². The number of hydrogen-bond donors (Lipinski definition) is 2. The Morgan fingerprint density at radius 3 is 2.67 bits per heavy atom. The molecule has 1 saturated heterocycles. The van der Waals surface area contributed by atoms with E-state index in [0.29, 0.717) is 0 Å². The summed E-state index contributed by atoms with van der Waals surface area (Å²) in [6.45, 7) is 6.55. The average Bonchev–Trinajstić information content (AvgIpc) is 2.61. The second kappa shape index (κ2) is 8.44. The van der Waals surface area contributed by atoms with Gasteiger partial charge in [-0.1, -0.05) is 18.2 Å². The summed E-state index contributed by atoms with van der Waals surface area (Å²) in [5.74, 6) is 0.880. The molecule has 27 heavy (non-hydrogen) atoms. The molecule has 1 amide bonds. The Morgan fingerprint density at radius 1 is 1.19 bits per heavy atom. The predicted octanol–water partition coefficient (Wildman–Crippen LogP) is 3.93. The normalized spacial score (nSPS) is 20.1. The number of ether oxygens (including phenoxy) is 1. The van der Waals surface area contributed by atoms with Crippen LogP contribution < -0.4 is 15.4 Å². The Labute approximate surface area is 161 Å². The van der Waals surface area contributed by atoms with Gasteiger partial charge in [0.25, 0.3) is 0 Å². The van der Waals surface area contributed by atoms with Gasteiger partial charge in [0.15, 0.2) is 0 Å². The number of carbonyl (C=O) groups is 1. The molecular weight excluding hydrogens is 338 g/mol. The minimum absolute atomic E-state index is 0.0452. The maximum absolute atomic E-state index is 11.5. The van der Waals surface area contributed by atoms with Crippen molar-refractivity contribution in [2.75, 3.05) is 25.5 Å². The van der Waals surface area contributed by atoms with Gasteiger partial charge in [-0.2, -0.15) is 0 Å². The van der Waals surface area contributed by atoms with E-state index < -0.39 is 0 Å². The minimum Gasteiger partial charge on any atom is -0.497 e. The number of likely N-dealkylation sites (tertiary alicyclic amines) is 1. The van der Waals surface area contributed by atoms with Crippen molar-refractivity contribution in [1.29, 1.82) is 0 Å². The van der Waals surface area contributed by atoms with Gasteiger partial charge < -0.3 is 15.4 Å². The summed E-state index contributed by atoms with van der Waals surface area (Å²) in [7, 11) is 1.67. The van der Waals surface area contributed by atoms with Crippen LogP contribution in [0.1, 0.15) is 32.3 Å². The van der Waals surface area contributed by atoms with E-state index in [2.05, 4.69) is 46.7 Å². The highest BCUT2D eigenvalue weighted by Crippen LogP contribution is 2.25. The van der Waals surface area contributed by atoms with Gasteiger partial charge in [-0.25, -0.2) is 0 Å². The number of nitrogens with zero attached hydrogens (tertiary/aromatic N) is 1. The molecule has 0 aliphatic carbocycles. The number of methoxy groups -OCH3 is 1. The second-order valence-corrected chi connectivity index (χ2v) is 7.61. The molecule has 2 N–H and O–H groups in total. The number of rotatable bonds is 6. The molecule has 2 aromatic carbocycles. The molecule has 1 heterocycles. The maximum atomic E-state index is 11.5. The molecule has 5 nitrogen and oxygen atoms in total. The highest BCUT2D eigenvalue weighted by molar-refractivity contribution is 5.73. The first-order valence-electron chi connectivity index (χ1n) is 9.47. The smallest absolute Gasteiger partial charge is 0.217 e. The summed E-state index contributed by atoms with van der Waals surface area (Å²) in [6, 6.07) is 16.4. The summed E-state index contributed by atoms with van der Waals surface area (Å²) >= 11 is 0. The van der Waals surface area contributed by atoms with E-state index in [1.54, 1.807) is 14.0 Å². The fraction of sp³-hybridized carbons (Fsp3) is 0.409. The van der Waals surface area contributed by atoms with Crippen molar-refractivity contribution in [3.8, 4) is 5.75 Å². The van der Waals surface area contributed by atoms with E-state index >= 15 is 0 Å². The SMILES string of the molecule is COc1cccc(Nc2cccc(CN3CCCC(C)(NC(C)=O)C3)c2)c1. The highest BCUT2D eigenvalue weighted by Gasteiger charge is 2.31. The summed E-state index contributed by atoms with van der Waals surface area (Å²) in [5, 5.41) is 6.57. The zero-order valence-corrected chi connectivity index (χ0v) is 16.4. The van der Waals surface area contributed by atoms with Crippen molar-refractivity contribution in [3.63, 3.8) is 0 Å². The third kappa shape index (κ3) is 5.47. The standard InChI is InChI=1S/C22H29N3O2/c1-17(26)24-22(2)11-6-12-25(16-22)15-18-7-4-8-19(13-18)23-20-9-5-10-21(14-20)27-3/h4-5,7-10,13-14,23H,6,11-12,15-16H2,1-3H3,(H,24,26). The molecule has 0 spiro atoms. The first kappa shape index (κ1) is 19.2. The molecule has 0 bridgehead atoms. The average molecular weight is 367 g/mol. The lowest BCUT2D eigenvalue weighted by Gasteiger charge is -2.41. The fourth-order valence-corrected chi connectivity index (χ4v) is 3.88. The molecule has 3 rings (SSSR count). The first-order valence-corrected chi connectivity index (χ1v) is 9.47. The van der Waals surface area contributed by atoms with E-state index in [1.165, 1.54) is 5.56 Å². The second-order valence-electron chi connectivity index (χ2n) is 7.61. The van der Waals surface area contributed by atoms with Crippen molar-refractivity contribution in [3.05, 3.63) is 54.1 Å². The quantitative estimate of drug-likeness (QED) is 0.812. The van der Waals surface area contributed by atoms with Crippen LogP contribution >= 0.6 is 0 Å². The van der Waals surface area contributed by atoms with Crippen LogP contribution in [0.2, 0.25) is 0 Å². The summed E-state index contributed by atoms with van der Waals surface area (Å²) in [4.78, 5) is 13.9. The Balaban J connectivity index is 1.66. The van der Waals surface area contributed by atoms with Crippen LogP contribution in [0.4, 0.5) is 11.4 Å². The summed E-state index contributed by atoms with van der Waals surface area (Å²) in [5.41, 5.74) is 3.18. The van der Waals surface area contributed by atoms with Crippen LogP contribution in [0.25, 0.3) is 0 Å². The molecule has 2 aromatic rings. The van der Waals surface area contributed by atoms with E-state index in [0.717, 1.165) is 49.6 Å². The van der Waals surface area contributed by atoms with E-state index in [9.17, 15) is 4.79 Å². The number of benzene rings is 2. The third-order valence-corrected chi connectivity index (χ3v) is 4.94. The molecule has 1 aliphatic heterocycles. The maximum Gasteiger partial charge on any atom is 0.217 e. The third-order valence-electron chi connectivity index (χ3n) is 4.94. The molecular formula is C22H29N3O2. The van der Waals surface area contributed by atoms with Crippen LogP contribution in [0.15, 0.2) is 48.5 Å². The molecule has 1 fully saturated rings. The number of hydrogen-bond acceptors (Lipinski definition) is 4. The highest BCUT2D eigenvalue weighted by atomic mass is 16.5. The van der Waals surface area contributed by atoms with Crippen LogP contribution in [0.3, 0.4) is 0 Å². The molecule has 5 heteroatoms. The molecule has 144 valence electrons. The Kier molecular flexibility index (Phi) is 6.01. The largest absolute Gasteiger partial charge is 0.497 e. The molecule has 0 aromatic heterocycles. The predicted molar refractivity (Wildman–Crippen MR) is 109 cm³/mol. The first-order chi connectivity index (χ1) is 13.0. The number of amides is 1. The van der Waals surface area contributed by atoms with Gasteiger partial charge in [0.05, 0.1) is 7.11 Å². The van der Waals surface area contributed by atoms with Crippen molar-refractivity contribution >= 4 is 17.3 Å². The molecule has 1 atom stereocenters. The lowest BCUT2D eigenvalue weighted by Crippen LogP contribution is -2.56. The van der Waals surface area contributed by atoms with Crippen LogP contribution in [0.5, 0.6) is 5.75 Å².